The van der Waals surface area contributed by atoms with E-state index in [9.17, 15) is 4.79 Å². The Balaban J connectivity index is 2.22. The highest BCUT2D eigenvalue weighted by molar-refractivity contribution is 8.01. The van der Waals surface area contributed by atoms with Crippen LogP contribution >= 0.6 is 23.4 Å². The molecule has 0 spiro atoms. The predicted molar refractivity (Wildman–Crippen MR) is 57.4 cm³/mol. The Morgan fingerprint density at radius 1 is 1.64 bits per heavy atom. The maximum absolute atomic E-state index is 11.7. The smallest absolute Gasteiger partial charge is 0.144 e. The van der Waals surface area contributed by atoms with Crippen molar-refractivity contribution in [3.05, 3.63) is 0 Å². The van der Waals surface area contributed by atoms with Gasteiger partial charge in [-0.25, -0.2) is 0 Å². The standard InChI is InChI=1S/C10H12ClNOS/c1-9(2)4-7(13)6-3-10(11,5-12)8(6)14-9/h6,8H,3-4H2,1-2H3/t6-,8+,10+/m0/s1. The normalized spacial score (nSPS) is 44.9. The van der Waals surface area contributed by atoms with E-state index in [2.05, 4.69) is 6.07 Å². The number of carbonyl (C=O) groups excluding carboxylic acids is 1. The van der Waals surface area contributed by atoms with E-state index >= 15 is 0 Å². The van der Waals surface area contributed by atoms with Gasteiger partial charge in [-0.2, -0.15) is 5.26 Å². The van der Waals surface area contributed by atoms with Crippen molar-refractivity contribution < 1.29 is 4.79 Å². The number of halogens is 1. The van der Waals surface area contributed by atoms with Crippen LogP contribution in [0.25, 0.3) is 0 Å². The number of carbonyl (C=O) groups is 1. The van der Waals surface area contributed by atoms with Gasteiger partial charge in [-0.1, -0.05) is 13.8 Å². The summed E-state index contributed by atoms with van der Waals surface area (Å²) in [6.07, 6.45) is 1.15. The number of ketones is 1. The quantitative estimate of drug-likeness (QED) is 0.599. The van der Waals surface area contributed by atoms with Crippen molar-refractivity contribution >= 4 is 29.1 Å². The van der Waals surface area contributed by atoms with Crippen LogP contribution in [0, 0.1) is 17.2 Å². The lowest BCUT2D eigenvalue weighted by Gasteiger charge is -2.52. The molecular weight excluding hydrogens is 218 g/mol. The minimum absolute atomic E-state index is 0.00502. The van der Waals surface area contributed by atoms with Crippen LogP contribution in [0.3, 0.4) is 0 Å². The molecule has 1 saturated carbocycles. The first-order valence-electron chi connectivity index (χ1n) is 4.69. The molecule has 0 aromatic heterocycles. The largest absolute Gasteiger partial charge is 0.299 e. The van der Waals surface area contributed by atoms with Gasteiger partial charge in [-0.05, 0) is 6.42 Å². The Morgan fingerprint density at radius 2 is 2.29 bits per heavy atom. The zero-order valence-electron chi connectivity index (χ0n) is 8.21. The van der Waals surface area contributed by atoms with Gasteiger partial charge in [-0.15, -0.1) is 23.4 Å². The number of Topliss-reactive ketones (excluding diaryl/α,β-unsaturated/α-hetero) is 1. The lowest BCUT2D eigenvalue weighted by molar-refractivity contribution is -0.126. The number of rotatable bonds is 0. The number of alkyl halides is 1. The Hall–Kier alpha value is -0.200. The van der Waals surface area contributed by atoms with Gasteiger partial charge in [0.1, 0.15) is 10.7 Å². The number of hydrogen-bond donors (Lipinski definition) is 0. The first-order chi connectivity index (χ1) is 6.38. The third-order valence-corrected chi connectivity index (χ3v) is 5.35. The fourth-order valence-electron chi connectivity index (χ4n) is 2.21. The van der Waals surface area contributed by atoms with E-state index in [1.807, 2.05) is 13.8 Å². The average molecular weight is 230 g/mol. The molecule has 1 aliphatic heterocycles. The number of hydrogen-bond acceptors (Lipinski definition) is 3. The molecule has 14 heavy (non-hydrogen) atoms. The average Bonchev–Trinajstić information content (AvgIpc) is 2.07. The second-order valence-electron chi connectivity index (χ2n) is 4.73. The van der Waals surface area contributed by atoms with Crippen LogP contribution in [0.15, 0.2) is 0 Å². The third kappa shape index (κ3) is 1.36. The molecule has 1 aliphatic carbocycles. The second-order valence-corrected chi connectivity index (χ2v) is 7.25. The SMILES string of the molecule is CC1(C)CC(=O)[C@@H]2C[C@@](Cl)(C#N)[C@@H]2S1. The molecule has 0 amide bonds. The van der Waals surface area contributed by atoms with E-state index in [0.29, 0.717) is 12.8 Å². The summed E-state index contributed by atoms with van der Waals surface area (Å²) in [6, 6.07) is 2.13. The van der Waals surface area contributed by atoms with Gasteiger partial charge < -0.3 is 0 Å². The van der Waals surface area contributed by atoms with Gasteiger partial charge >= 0.3 is 0 Å². The van der Waals surface area contributed by atoms with Gasteiger partial charge in [0, 0.05) is 22.3 Å². The van der Waals surface area contributed by atoms with Gasteiger partial charge in [0.25, 0.3) is 0 Å². The first-order valence-corrected chi connectivity index (χ1v) is 5.94. The van der Waals surface area contributed by atoms with Crippen molar-refractivity contribution in [3.8, 4) is 6.07 Å². The minimum atomic E-state index is -0.789. The molecule has 0 aromatic rings. The third-order valence-electron chi connectivity index (χ3n) is 2.98. The molecule has 1 heterocycles. The molecule has 76 valence electrons. The van der Waals surface area contributed by atoms with Crippen LogP contribution in [0.1, 0.15) is 26.7 Å². The molecule has 2 nitrogen and oxygen atoms in total. The molecule has 0 bridgehead atoms. The van der Waals surface area contributed by atoms with Crippen LogP contribution in [0.2, 0.25) is 0 Å². The summed E-state index contributed by atoms with van der Waals surface area (Å²) in [5.41, 5.74) is 0. The van der Waals surface area contributed by atoms with E-state index in [1.165, 1.54) is 0 Å². The zero-order valence-corrected chi connectivity index (χ0v) is 9.78. The summed E-state index contributed by atoms with van der Waals surface area (Å²) >= 11 is 7.82. The predicted octanol–water partition coefficient (Wildman–Crippen LogP) is 2.36. The minimum Gasteiger partial charge on any atom is -0.299 e. The van der Waals surface area contributed by atoms with Gasteiger partial charge in [0.15, 0.2) is 0 Å². The Labute approximate surface area is 93.0 Å². The van der Waals surface area contributed by atoms with Gasteiger partial charge in [-0.3, -0.25) is 4.79 Å². The molecule has 4 heteroatoms. The number of thioether (sulfide) groups is 1. The summed E-state index contributed by atoms with van der Waals surface area (Å²) in [6.45, 7) is 4.08. The molecule has 0 N–H and O–H groups in total. The molecule has 2 aliphatic rings. The summed E-state index contributed by atoms with van der Waals surface area (Å²) in [4.78, 5) is 10.9. The molecule has 1 saturated heterocycles. The van der Waals surface area contributed by atoms with E-state index in [4.69, 9.17) is 16.9 Å². The van der Waals surface area contributed by atoms with Crippen LogP contribution in [0.4, 0.5) is 0 Å². The lowest BCUT2D eigenvalue weighted by Crippen LogP contribution is -2.59. The van der Waals surface area contributed by atoms with E-state index in [-0.39, 0.29) is 21.7 Å². The fourth-order valence-corrected chi connectivity index (χ4v) is 4.32. The van der Waals surface area contributed by atoms with Gasteiger partial charge in [0.05, 0.1) is 6.07 Å². The van der Waals surface area contributed by atoms with Crippen LogP contribution in [-0.2, 0) is 4.79 Å². The molecule has 2 rings (SSSR count). The van der Waals surface area contributed by atoms with E-state index < -0.39 is 4.87 Å². The molecular formula is C10H12ClNOS. The summed E-state index contributed by atoms with van der Waals surface area (Å²) < 4.78 is -0.0599. The highest BCUT2D eigenvalue weighted by atomic mass is 35.5. The van der Waals surface area contributed by atoms with Crippen molar-refractivity contribution in [1.82, 2.24) is 0 Å². The van der Waals surface area contributed by atoms with Crippen molar-refractivity contribution in [2.45, 2.75) is 41.6 Å². The molecule has 0 unspecified atom stereocenters. The Bertz CT molecular complexity index is 336. The second kappa shape index (κ2) is 2.90. The van der Waals surface area contributed by atoms with E-state index in [1.54, 1.807) is 11.8 Å². The maximum atomic E-state index is 11.7. The first kappa shape index (κ1) is 10.3. The lowest BCUT2D eigenvalue weighted by atomic mass is 9.70. The fraction of sp³-hybridized carbons (Fsp3) is 0.800. The maximum Gasteiger partial charge on any atom is 0.144 e. The van der Waals surface area contributed by atoms with E-state index in [0.717, 1.165) is 0 Å². The highest BCUT2D eigenvalue weighted by Gasteiger charge is 2.60. The van der Waals surface area contributed by atoms with Crippen LogP contribution in [-0.4, -0.2) is 20.7 Å². The molecule has 3 atom stereocenters. The van der Waals surface area contributed by atoms with Crippen molar-refractivity contribution in [2.75, 3.05) is 0 Å². The van der Waals surface area contributed by atoms with Crippen molar-refractivity contribution in [3.63, 3.8) is 0 Å². The van der Waals surface area contributed by atoms with Crippen molar-refractivity contribution in [1.29, 1.82) is 5.26 Å². The van der Waals surface area contributed by atoms with Crippen LogP contribution < -0.4 is 0 Å². The Morgan fingerprint density at radius 3 is 2.86 bits per heavy atom. The summed E-state index contributed by atoms with van der Waals surface area (Å²) in [5, 5.41) is 8.94. The monoisotopic (exact) mass is 229 g/mol. The number of nitrogens with zero attached hydrogens (tertiary/aromatic N) is 1. The molecule has 0 aromatic carbocycles. The highest BCUT2D eigenvalue weighted by Crippen LogP contribution is 2.57. The van der Waals surface area contributed by atoms with Gasteiger partial charge in [0.2, 0.25) is 0 Å². The zero-order chi connectivity index (χ0) is 10.6. The number of fused-ring (bicyclic) bond motifs is 1. The molecule has 2 fully saturated rings. The van der Waals surface area contributed by atoms with Crippen LogP contribution in [0.5, 0.6) is 0 Å². The summed E-state index contributed by atoms with van der Waals surface area (Å²) in [7, 11) is 0. The topological polar surface area (TPSA) is 40.9 Å². The van der Waals surface area contributed by atoms with Crippen molar-refractivity contribution in [2.24, 2.45) is 5.92 Å². The number of nitriles is 1. The summed E-state index contributed by atoms with van der Waals surface area (Å²) in [5.74, 6) is 0.315. The molecule has 0 radical (unpaired) electrons. The Kier molecular flexibility index (Phi) is 2.14.